The van der Waals surface area contributed by atoms with E-state index in [1.54, 1.807) is 0 Å². The lowest BCUT2D eigenvalue weighted by Gasteiger charge is -2.28. The smallest absolute Gasteiger partial charge is 0.137 e. The maximum Gasteiger partial charge on any atom is 0.137 e. The van der Waals surface area contributed by atoms with Gasteiger partial charge in [-0.05, 0) is 113 Å². The summed E-state index contributed by atoms with van der Waals surface area (Å²) in [7, 11) is 0. The Morgan fingerprint density at radius 2 is 1.07 bits per heavy atom. The van der Waals surface area contributed by atoms with Crippen molar-refractivity contribution in [3.63, 3.8) is 0 Å². The molecule has 8 aromatic carbocycles. The number of para-hydroxylation sites is 3. The Bertz CT molecular complexity index is 3280. The van der Waals surface area contributed by atoms with Crippen molar-refractivity contribution >= 4 is 65.7 Å². The molecule has 1 atom stereocenters. The van der Waals surface area contributed by atoms with Crippen LogP contribution in [0.15, 0.2) is 179 Å². The third-order valence-electron chi connectivity index (χ3n) is 12.1. The van der Waals surface area contributed by atoms with Gasteiger partial charge in [-0.1, -0.05) is 115 Å². The average Bonchev–Trinajstić information content (AvgIpc) is 3.90. The average molecular weight is 706 g/mol. The first-order valence-electron chi connectivity index (χ1n) is 19.3. The van der Waals surface area contributed by atoms with E-state index in [1.165, 1.54) is 66.0 Å². The Labute approximate surface area is 317 Å². The van der Waals surface area contributed by atoms with Crippen LogP contribution in [0.3, 0.4) is 0 Å². The van der Waals surface area contributed by atoms with Gasteiger partial charge in [0.15, 0.2) is 0 Å². The quantitative estimate of drug-likeness (QED) is 0.178. The maximum absolute atomic E-state index is 6.32. The van der Waals surface area contributed by atoms with Crippen molar-refractivity contribution < 1.29 is 8.83 Å². The predicted octanol–water partition coefficient (Wildman–Crippen LogP) is 14.2. The minimum atomic E-state index is 0.460. The predicted molar refractivity (Wildman–Crippen MR) is 227 cm³/mol. The van der Waals surface area contributed by atoms with Gasteiger partial charge in [-0.2, -0.15) is 0 Å². The molecule has 3 aromatic heterocycles. The highest BCUT2D eigenvalue weighted by atomic mass is 16.3. The fraction of sp³-hybridized carbons (Fsp3) is 0.0769. The molecule has 0 aliphatic heterocycles. The van der Waals surface area contributed by atoms with Gasteiger partial charge in [0.1, 0.15) is 22.3 Å². The van der Waals surface area contributed by atoms with Crippen molar-refractivity contribution in [3.05, 3.63) is 187 Å². The summed E-state index contributed by atoms with van der Waals surface area (Å²) in [6.07, 6.45) is 3.16. The maximum atomic E-state index is 6.32. The third kappa shape index (κ3) is 4.76. The Hall–Kier alpha value is -6.84. The van der Waals surface area contributed by atoms with E-state index in [0.29, 0.717) is 5.92 Å². The summed E-state index contributed by atoms with van der Waals surface area (Å²) in [6.45, 7) is 0. The molecule has 0 bridgehead atoms. The van der Waals surface area contributed by atoms with Crippen LogP contribution in [0.4, 0.5) is 0 Å². The lowest BCUT2D eigenvalue weighted by atomic mass is 9.76. The van der Waals surface area contributed by atoms with Crippen LogP contribution in [0.2, 0.25) is 0 Å². The summed E-state index contributed by atoms with van der Waals surface area (Å²) in [5.74, 6) is 0.460. The Kier molecular flexibility index (Phi) is 6.58. The number of hydrogen-bond acceptors (Lipinski definition) is 2. The van der Waals surface area contributed by atoms with Gasteiger partial charge in [0.25, 0.3) is 0 Å². The fourth-order valence-corrected chi connectivity index (χ4v) is 9.44. The fourth-order valence-electron chi connectivity index (χ4n) is 9.44. The second-order valence-electron chi connectivity index (χ2n) is 15.2. The highest BCUT2D eigenvalue weighted by molar-refractivity contribution is 6.17. The largest absolute Gasteiger partial charge is 0.456 e. The van der Waals surface area contributed by atoms with E-state index in [2.05, 4.69) is 156 Å². The van der Waals surface area contributed by atoms with Crippen LogP contribution in [0.5, 0.6) is 0 Å². The molecular formula is C52H35NO2. The van der Waals surface area contributed by atoms with Crippen LogP contribution in [-0.4, -0.2) is 4.57 Å². The van der Waals surface area contributed by atoms with Crippen LogP contribution >= 0.6 is 0 Å². The van der Waals surface area contributed by atoms with Gasteiger partial charge in [0.2, 0.25) is 0 Å². The molecule has 11 aromatic rings. The molecule has 3 nitrogen and oxygen atoms in total. The number of hydrogen-bond donors (Lipinski definition) is 0. The van der Waals surface area contributed by atoms with Crippen LogP contribution < -0.4 is 0 Å². The van der Waals surface area contributed by atoms with E-state index in [9.17, 15) is 0 Å². The molecule has 12 rings (SSSR count). The van der Waals surface area contributed by atoms with Crippen molar-refractivity contribution in [1.82, 2.24) is 4.57 Å². The van der Waals surface area contributed by atoms with E-state index < -0.39 is 0 Å². The van der Waals surface area contributed by atoms with Crippen molar-refractivity contribution in [2.24, 2.45) is 0 Å². The second kappa shape index (κ2) is 11.8. The first-order chi connectivity index (χ1) is 27.2. The number of nitrogens with zero attached hydrogens (tertiary/aromatic N) is 1. The summed E-state index contributed by atoms with van der Waals surface area (Å²) in [5, 5.41) is 7.18. The molecule has 55 heavy (non-hydrogen) atoms. The molecule has 1 aliphatic rings. The number of aryl methyl sites for hydroxylation is 1. The van der Waals surface area contributed by atoms with Crippen molar-refractivity contribution in [1.29, 1.82) is 0 Å². The molecule has 0 fully saturated rings. The normalized spacial score (nSPS) is 14.1. The second-order valence-corrected chi connectivity index (χ2v) is 15.2. The number of aromatic nitrogens is 1. The minimum Gasteiger partial charge on any atom is -0.456 e. The standard InChI is InChI=1S/C52H35NO2/c1-2-10-39-38(9-1)35(27-36-28-51-45(29-43(36)39)41-12-4-7-15-49(41)54-51)22-19-32-17-20-33(21-18-32)34-23-25-37(26-24-34)53-47-14-6-3-11-40(47)44-30-46-42-13-5-8-16-50(42)55-52(46)31-48(44)53/h1-18,20-21,23-26,28-31,35H,19,22,27H2. The van der Waals surface area contributed by atoms with Crippen LogP contribution in [0, 0.1) is 0 Å². The van der Waals surface area contributed by atoms with Gasteiger partial charge < -0.3 is 13.4 Å². The lowest BCUT2D eigenvalue weighted by molar-refractivity contribution is 0.614. The molecule has 0 amide bonds. The third-order valence-corrected chi connectivity index (χ3v) is 12.1. The van der Waals surface area contributed by atoms with Gasteiger partial charge in [-0.25, -0.2) is 0 Å². The molecule has 3 heterocycles. The Morgan fingerprint density at radius 3 is 1.84 bits per heavy atom. The highest BCUT2D eigenvalue weighted by Crippen LogP contribution is 2.45. The highest BCUT2D eigenvalue weighted by Gasteiger charge is 2.26. The lowest BCUT2D eigenvalue weighted by Crippen LogP contribution is -2.12. The van der Waals surface area contributed by atoms with Gasteiger partial charge in [-0.15, -0.1) is 0 Å². The summed E-state index contributed by atoms with van der Waals surface area (Å²) < 4.78 is 15.0. The Balaban J connectivity index is 0.819. The summed E-state index contributed by atoms with van der Waals surface area (Å²) in [6, 6.07) is 61.7. The molecule has 1 aliphatic carbocycles. The number of rotatable bonds is 5. The van der Waals surface area contributed by atoms with Gasteiger partial charge in [0.05, 0.1) is 11.0 Å². The molecule has 0 saturated heterocycles. The van der Waals surface area contributed by atoms with E-state index in [-0.39, 0.29) is 0 Å². The van der Waals surface area contributed by atoms with Crippen molar-refractivity contribution in [2.45, 2.75) is 25.2 Å². The minimum absolute atomic E-state index is 0.460. The van der Waals surface area contributed by atoms with E-state index in [0.717, 1.165) is 63.6 Å². The topological polar surface area (TPSA) is 31.2 Å². The number of benzene rings is 8. The summed E-state index contributed by atoms with van der Waals surface area (Å²) in [4.78, 5) is 0. The molecule has 260 valence electrons. The van der Waals surface area contributed by atoms with Crippen LogP contribution in [0.25, 0.3) is 93.6 Å². The molecule has 0 N–H and O–H groups in total. The monoisotopic (exact) mass is 705 g/mol. The van der Waals surface area contributed by atoms with E-state index in [1.807, 2.05) is 18.2 Å². The van der Waals surface area contributed by atoms with Crippen LogP contribution in [0.1, 0.15) is 29.0 Å². The molecule has 1 unspecified atom stereocenters. The summed E-state index contributed by atoms with van der Waals surface area (Å²) >= 11 is 0. The van der Waals surface area contributed by atoms with Gasteiger partial charge in [0, 0.05) is 44.1 Å². The number of furan rings is 2. The first-order valence-corrected chi connectivity index (χ1v) is 19.3. The summed E-state index contributed by atoms with van der Waals surface area (Å²) in [5.41, 5.74) is 16.6. The molecule has 0 spiro atoms. The molecule has 3 heteroatoms. The van der Waals surface area contributed by atoms with Crippen LogP contribution in [-0.2, 0) is 12.8 Å². The van der Waals surface area contributed by atoms with Gasteiger partial charge in [-0.3, -0.25) is 0 Å². The molecule has 0 saturated carbocycles. The zero-order chi connectivity index (χ0) is 36.0. The zero-order valence-electron chi connectivity index (χ0n) is 30.1. The van der Waals surface area contributed by atoms with Gasteiger partial charge >= 0.3 is 0 Å². The molecular weight excluding hydrogens is 671 g/mol. The zero-order valence-corrected chi connectivity index (χ0v) is 30.1. The first kappa shape index (κ1) is 30.6. The SMILES string of the molecule is c1ccc2c(c1)-c1cc3c(cc1CC2CCc1ccc(-c2ccc(-n4c5ccccc5c5cc6c(cc54)oc4ccccc46)cc2)cc1)oc1ccccc13. The van der Waals surface area contributed by atoms with E-state index >= 15 is 0 Å². The van der Waals surface area contributed by atoms with Crippen molar-refractivity contribution in [3.8, 4) is 27.9 Å². The number of fused-ring (bicyclic) bond motifs is 12. The Morgan fingerprint density at radius 1 is 0.455 bits per heavy atom. The van der Waals surface area contributed by atoms with E-state index in [4.69, 9.17) is 8.83 Å². The molecule has 0 radical (unpaired) electrons. The van der Waals surface area contributed by atoms with Crippen molar-refractivity contribution in [2.75, 3.05) is 0 Å².